The van der Waals surface area contributed by atoms with Gasteiger partial charge in [-0.2, -0.15) is 0 Å². The maximum absolute atomic E-state index is 10.5. The first-order valence-corrected chi connectivity index (χ1v) is 2.51. The summed E-state index contributed by atoms with van der Waals surface area (Å²) in [5, 5.41) is 0. The number of nitrogen functional groups attached to an aromatic ring is 1. The van der Waals surface area contributed by atoms with E-state index in [1.165, 1.54) is 0 Å². The summed E-state index contributed by atoms with van der Waals surface area (Å²) in [5.74, 6) is 0.370. The quantitative estimate of drug-likeness (QED) is 0.498. The van der Waals surface area contributed by atoms with Crippen LogP contribution in [0.3, 0.4) is 0 Å². The van der Waals surface area contributed by atoms with Crippen LogP contribution in [0.5, 0.6) is 0 Å². The van der Waals surface area contributed by atoms with Crippen molar-refractivity contribution in [1.29, 1.82) is 0 Å². The Hall–Kier alpha value is -1.32. The van der Waals surface area contributed by atoms with E-state index in [0.717, 1.165) is 6.20 Å². The van der Waals surface area contributed by atoms with Gasteiger partial charge in [0.05, 0.1) is 11.9 Å². The van der Waals surface area contributed by atoms with Crippen LogP contribution in [-0.2, 0) is 0 Å². The van der Waals surface area contributed by atoms with E-state index in [1.54, 1.807) is 6.92 Å². The zero-order chi connectivity index (χ0) is 6.85. The third kappa shape index (κ3) is 1.07. The van der Waals surface area contributed by atoms with Crippen LogP contribution in [0.4, 0.5) is 5.82 Å². The average molecular weight is 125 g/mol. The Morgan fingerprint density at radius 3 is 2.89 bits per heavy atom. The van der Waals surface area contributed by atoms with Crippen LogP contribution in [0.2, 0.25) is 0 Å². The highest BCUT2D eigenvalue weighted by atomic mass is 16.1. The fraction of sp³-hybridized carbons (Fsp3) is 0.200. The van der Waals surface area contributed by atoms with E-state index < -0.39 is 0 Å². The number of nitrogens with two attached hydrogens (primary N) is 1. The first-order chi connectivity index (χ1) is 4.20. The molecule has 1 aromatic rings. The molecular weight excluding hydrogens is 118 g/mol. The molecule has 0 aromatic carbocycles. The number of hydrogen-bond acceptors (Lipinski definition) is 3. The molecule has 9 heavy (non-hydrogen) atoms. The second-order valence-electron chi connectivity index (χ2n) is 1.76. The number of nitrogens with zero attached hydrogens (tertiary/aromatic N) is 1. The number of aromatic nitrogens is 2. The molecule has 1 aromatic heterocycles. The summed E-state index contributed by atoms with van der Waals surface area (Å²) >= 11 is 0. The Balaban J connectivity index is 3.34. The highest BCUT2D eigenvalue weighted by molar-refractivity contribution is 5.31. The normalized spacial score (nSPS) is 9.44. The highest BCUT2D eigenvalue weighted by Crippen LogP contribution is 1.94. The van der Waals surface area contributed by atoms with E-state index >= 15 is 0 Å². The number of anilines is 1. The largest absolute Gasteiger partial charge is 0.382 e. The summed E-state index contributed by atoms with van der Waals surface area (Å²) in [4.78, 5) is 16.6. The highest BCUT2D eigenvalue weighted by Gasteiger charge is 1.91. The van der Waals surface area contributed by atoms with Gasteiger partial charge in [-0.1, -0.05) is 0 Å². The van der Waals surface area contributed by atoms with Gasteiger partial charge in [0.25, 0.3) is 5.56 Å². The molecule has 48 valence electrons. The minimum Gasteiger partial charge on any atom is -0.382 e. The third-order valence-electron chi connectivity index (χ3n) is 1.02. The van der Waals surface area contributed by atoms with Gasteiger partial charge in [0.1, 0.15) is 5.82 Å². The Bertz CT molecular complexity index is 265. The number of nitrogens with one attached hydrogen (secondary N) is 1. The van der Waals surface area contributed by atoms with Crippen molar-refractivity contribution < 1.29 is 0 Å². The lowest BCUT2D eigenvalue weighted by Crippen LogP contribution is -2.09. The van der Waals surface area contributed by atoms with E-state index in [2.05, 4.69) is 9.97 Å². The molecule has 0 amide bonds. The lowest BCUT2D eigenvalue weighted by Gasteiger charge is -1.93. The van der Waals surface area contributed by atoms with Gasteiger partial charge < -0.3 is 10.7 Å². The standard InChI is InChI=1S/C5H7N3O/c1-3-5(6)7-2-4(9)8-3/h2H,1H3,(H2,6,7)(H,8,9). The number of aryl methyl sites for hydroxylation is 1. The molecule has 0 saturated carbocycles. The van der Waals surface area contributed by atoms with Gasteiger partial charge in [-0.05, 0) is 6.92 Å². The van der Waals surface area contributed by atoms with Gasteiger partial charge in [-0.3, -0.25) is 4.79 Å². The zero-order valence-corrected chi connectivity index (χ0v) is 5.01. The van der Waals surface area contributed by atoms with Gasteiger partial charge in [0.2, 0.25) is 0 Å². The summed E-state index contributed by atoms with van der Waals surface area (Å²) in [6.07, 6.45) is 1.16. The maximum Gasteiger partial charge on any atom is 0.266 e. The van der Waals surface area contributed by atoms with Crippen LogP contribution >= 0.6 is 0 Å². The molecule has 0 aliphatic carbocycles. The Labute approximate surface area is 51.7 Å². The van der Waals surface area contributed by atoms with Gasteiger partial charge in [-0.25, -0.2) is 4.98 Å². The Kier molecular flexibility index (Phi) is 1.22. The summed E-state index contributed by atoms with van der Waals surface area (Å²) in [6, 6.07) is 0. The van der Waals surface area contributed by atoms with Crippen molar-refractivity contribution in [3.8, 4) is 0 Å². The minimum atomic E-state index is -0.221. The molecule has 0 radical (unpaired) electrons. The van der Waals surface area contributed by atoms with Crippen molar-refractivity contribution in [3.63, 3.8) is 0 Å². The fourth-order valence-corrected chi connectivity index (χ4v) is 0.506. The minimum absolute atomic E-state index is 0.221. The monoisotopic (exact) mass is 125 g/mol. The van der Waals surface area contributed by atoms with Gasteiger partial charge in [-0.15, -0.1) is 0 Å². The molecule has 1 heterocycles. The molecule has 0 aliphatic rings. The molecule has 0 spiro atoms. The topological polar surface area (TPSA) is 71.8 Å². The van der Waals surface area contributed by atoms with Crippen LogP contribution in [0.25, 0.3) is 0 Å². The number of aromatic amines is 1. The Morgan fingerprint density at radius 2 is 2.44 bits per heavy atom. The third-order valence-corrected chi connectivity index (χ3v) is 1.02. The molecule has 4 nitrogen and oxygen atoms in total. The van der Waals surface area contributed by atoms with Crippen LogP contribution < -0.4 is 11.3 Å². The molecular formula is C5H7N3O. The first kappa shape index (κ1) is 5.81. The first-order valence-electron chi connectivity index (χ1n) is 2.51. The van der Waals surface area contributed by atoms with Crippen LogP contribution in [0, 0.1) is 6.92 Å². The molecule has 3 N–H and O–H groups in total. The lowest BCUT2D eigenvalue weighted by atomic mass is 10.5. The van der Waals surface area contributed by atoms with Crippen LogP contribution in [-0.4, -0.2) is 9.97 Å². The lowest BCUT2D eigenvalue weighted by molar-refractivity contribution is 1.08. The molecule has 0 fully saturated rings. The molecule has 0 bridgehead atoms. The summed E-state index contributed by atoms with van der Waals surface area (Å²) < 4.78 is 0. The maximum atomic E-state index is 10.5. The van der Waals surface area contributed by atoms with Crippen molar-refractivity contribution in [1.82, 2.24) is 9.97 Å². The van der Waals surface area contributed by atoms with E-state index in [4.69, 9.17) is 5.73 Å². The van der Waals surface area contributed by atoms with Gasteiger partial charge in [0.15, 0.2) is 0 Å². The molecule has 4 heteroatoms. The van der Waals surface area contributed by atoms with E-state index in [-0.39, 0.29) is 5.56 Å². The zero-order valence-electron chi connectivity index (χ0n) is 5.01. The molecule has 0 atom stereocenters. The van der Waals surface area contributed by atoms with Gasteiger partial charge >= 0.3 is 0 Å². The van der Waals surface area contributed by atoms with Crippen LogP contribution in [0.1, 0.15) is 5.69 Å². The molecule has 0 unspecified atom stereocenters. The van der Waals surface area contributed by atoms with Crippen molar-refractivity contribution >= 4 is 5.82 Å². The Morgan fingerprint density at radius 1 is 1.78 bits per heavy atom. The predicted octanol–water partition coefficient (Wildman–Crippen LogP) is -0.339. The van der Waals surface area contributed by atoms with Crippen molar-refractivity contribution in [3.05, 3.63) is 22.2 Å². The molecule has 0 aliphatic heterocycles. The van der Waals surface area contributed by atoms with Crippen molar-refractivity contribution in [2.45, 2.75) is 6.92 Å². The summed E-state index contributed by atoms with van der Waals surface area (Å²) in [7, 11) is 0. The number of hydrogen-bond donors (Lipinski definition) is 2. The number of rotatable bonds is 0. The molecule has 1 rings (SSSR count). The smallest absolute Gasteiger partial charge is 0.266 e. The number of H-pyrrole nitrogens is 1. The van der Waals surface area contributed by atoms with Crippen molar-refractivity contribution in [2.75, 3.05) is 5.73 Å². The summed E-state index contributed by atoms with van der Waals surface area (Å²) in [5.41, 5.74) is 5.70. The second kappa shape index (κ2) is 1.89. The average Bonchev–Trinajstić information content (AvgIpc) is 1.80. The second-order valence-corrected chi connectivity index (χ2v) is 1.76. The van der Waals surface area contributed by atoms with E-state index in [1.807, 2.05) is 0 Å². The van der Waals surface area contributed by atoms with Crippen LogP contribution in [0.15, 0.2) is 11.0 Å². The van der Waals surface area contributed by atoms with E-state index in [0.29, 0.717) is 11.5 Å². The van der Waals surface area contributed by atoms with E-state index in [9.17, 15) is 4.79 Å². The molecule has 0 saturated heterocycles. The fourth-order valence-electron chi connectivity index (χ4n) is 0.506. The van der Waals surface area contributed by atoms with Crippen molar-refractivity contribution in [2.24, 2.45) is 0 Å². The van der Waals surface area contributed by atoms with Gasteiger partial charge in [0, 0.05) is 0 Å². The SMILES string of the molecule is Cc1[nH]c(=O)cnc1N. The predicted molar refractivity (Wildman–Crippen MR) is 34.0 cm³/mol. The summed E-state index contributed by atoms with van der Waals surface area (Å²) in [6.45, 7) is 1.70.